The van der Waals surface area contributed by atoms with Crippen LogP contribution in [0, 0.1) is 23.7 Å². The standard InChI is InChI=1S/C16H24O5/c1-15(2,3)20-13(18)11-8-7-9(17)12(10(8)11)14(19)21-16(4,5)6/h8,10-12H,7H2,1-6H3. The minimum absolute atomic E-state index is 0.0510. The van der Waals surface area contributed by atoms with Crippen LogP contribution in [0.2, 0.25) is 0 Å². The van der Waals surface area contributed by atoms with Crippen molar-refractivity contribution in [3.63, 3.8) is 0 Å². The molecule has 5 heteroatoms. The lowest BCUT2D eigenvalue weighted by Gasteiger charge is -2.23. The summed E-state index contributed by atoms with van der Waals surface area (Å²) >= 11 is 0. The van der Waals surface area contributed by atoms with Crippen molar-refractivity contribution in [1.29, 1.82) is 0 Å². The quantitative estimate of drug-likeness (QED) is 0.576. The van der Waals surface area contributed by atoms with Gasteiger partial charge in [-0.25, -0.2) is 0 Å². The van der Waals surface area contributed by atoms with Gasteiger partial charge in [0.05, 0.1) is 5.92 Å². The molecule has 4 atom stereocenters. The molecule has 0 aromatic heterocycles. The summed E-state index contributed by atoms with van der Waals surface area (Å²) in [7, 11) is 0. The largest absolute Gasteiger partial charge is 0.460 e. The molecule has 0 bridgehead atoms. The van der Waals surface area contributed by atoms with E-state index < -0.39 is 23.1 Å². The summed E-state index contributed by atoms with van der Waals surface area (Å²) in [5, 5.41) is 0. The lowest BCUT2D eigenvalue weighted by Crippen LogP contribution is -2.34. The first-order chi connectivity index (χ1) is 9.41. The third-order valence-electron chi connectivity index (χ3n) is 3.74. The summed E-state index contributed by atoms with van der Waals surface area (Å²) in [6.07, 6.45) is 0.276. The SMILES string of the molecule is CC(C)(C)OC(=O)C1C(=O)CC2C(C(=O)OC(C)(C)C)C12. The molecule has 0 saturated heterocycles. The Labute approximate surface area is 125 Å². The number of hydrogen-bond acceptors (Lipinski definition) is 5. The van der Waals surface area contributed by atoms with Crippen LogP contribution in [0.4, 0.5) is 0 Å². The van der Waals surface area contributed by atoms with Crippen LogP contribution in [-0.2, 0) is 23.9 Å². The minimum Gasteiger partial charge on any atom is -0.460 e. The fraction of sp³-hybridized carbons (Fsp3) is 0.812. The van der Waals surface area contributed by atoms with Crippen molar-refractivity contribution < 1.29 is 23.9 Å². The first-order valence-electron chi connectivity index (χ1n) is 7.39. The second-order valence-corrected chi connectivity index (χ2v) is 7.98. The zero-order valence-electron chi connectivity index (χ0n) is 13.6. The molecule has 0 aromatic carbocycles. The van der Waals surface area contributed by atoms with Gasteiger partial charge in [-0.3, -0.25) is 14.4 Å². The van der Waals surface area contributed by atoms with Crippen LogP contribution in [0.5, 0.6) is 0 Å². The van der Waals surface area contributed by atoms with E-state index in [1.165, 1.54) is 0 Å². The zero-order chi connectivity index (χ0) is 16.2. The molecule has 2 aliphatic carbocycles. The second kappa shape index (κ2) is 4.82. The van der Waals surface area contributed by atoms with E-state index in [2.05, 4.69) is 0 Å². The van der Waals surface area contributed by atoms with E-state index in [-0.39, 0.29) is 35.9 Å². The molecule has 21 heavy (non-hydrogen) atoms. The maximum atomic E-state index is 12.2. The number of carbonyl (C=O) groups excluding carboxylic acids is 3. The maximum Gasteiger partial charge on any atom is 0.317 e. The van der Waals surface area contributed by atoms with Crippen molar-refractivity contribution in [2.24, 2.45) is 23.7 Å². The number of Topliss-reactive ketones (excluding diaryl/α,β-unsaturated/α-hetero) is 1. The van der Waals surface area contributed by atoms with E-state index >= 15 is 0 Å². The molecule has 0 radical (unpaired) electrons. The third-order valence-corrected chi connectivity index (χ3v) is 3.74. The van der Waals surface area contributed by atoms with Gasteiger partial charge in [-0.15, -0.1) is 0 Å². The Bertz CT molecular complexity index is 480. The van der Waals surface area contributed by atoms with Crippen LogP contribution < -0.4 is 0 Å². The Hall–Kier alpha value is -1.39. The molecule has 2 aliphatic rings. The molecule has 0 spiro atoms. The van der Waals surface area contributed by atoms with Gasteiger partial charge in [0, 0.05) is 6.42 Å². The summed E-state index contributed by atoms with van der Waals surface area (Å²) in [5.74, 6) is -2.35. The predicted molar refractivity (Wildman–Crippen MR) is 75.3 cm³/mol. The van der Waals surface area contributed by atoms with Crippen molar-refractivity contribution in [3.05, 3.63) is 0 Å². The van der Waals surface area contributed by atoms with Crippen molar-refractivity contribution in [2.45, 2.75) is 59.2 Å². The smallest absolute Gasteiger partial charge is 0.317 e. The molecule has 0 aromatic rings. The summed E-state index contributed by atoms with van der Waals surface area (Å²) in [5.41, 5.74) is -1.19. The molecule has 0 aliphatic heterocycles. The van der Waals surface area contributed by atoms with Crippen molar-refractivity contribution in [2.75, 3.05) is 0 Å². The molecular weight excluding hydrogens is 272 g/mol. The molecule has 5 nitrogen and oxygen atoms in total. The van der Waals surface area contributed by atoms with Crippen molar-refractivity contribution in [1.82, 2.24) is 0 Å². The van der Waals surface area contributed by atoms with Crippen molar-refractivity contribution in [3.8, 4) is 0 Å². The Morgan fingerprint density at radius 3 is 1.90 bits per heavy atom. The Morgan fingerprint density at radius 2 is 1.43 bits per heavy atom. The van der Waals surface area contributed by atoms with E-state index in [0.29, 0.717) is 0 Å². The van der Waals surface area contributed by atoms with Gasteiger partial charge in [0.15, 0.2) is 0 Å². The van der Waals surface area contributed by atoms with Crippen LogP contribution in [0.15, 0.2) is 0 Å². The molecular formula is C16H24O5. The summed E-state index contributed by atoms with van der Waals surface area (Å²) < 4.78 is 10.7. The van der Waals surface area contributed by atoms with Crippen LogP contribution in [-0.4, -0.2) is 28.9 Å². The van der Waals surface area contributed by atoms with Crippen molar-refractivity contribution >= 4 is 17.7 Å². The average molecular weight is 296 g/mol. The molecule has 0 heterocycles. The first-order valence-corrected chi connectivity index (χ1v) is 7.39. The number of hydrogen-bond donors (Lipinski definition) is 0. The molecule has 2 saturated carbocycles. The molecule has 118 valence electrons. The minimum atomic E-state index is -0.799. The van der Waals surface area contributed by atoms with Gasteiger partial charge in [-0.2, -0.15) is 0 Å². The van der Waals surface area contributed by atoms with Crippen LogP contribution in [0.25, 0.3) is 0 Å². The van der Waals surface area contributed by atoms with Crippen LogP contribution >= 0.6 is 0 Å². The van der Waals surface area contributed by atoms with Gasteiger partial charge in [-0.05, 0) is 53.4 Å². The summed E-state index contributed by atoms with van der Waals surface area (Å²) in [6, 6.07) is 0. The Kier molecular flexibility index (Phi) is 3.67. The van der Waals surface area contributed by atoms with Gasteiger partial charge in [0.1, 0.15) is 22.9 Å². The highest BCUT2D eigenvalue weighted by Crippen LogP contribution is 2.60. The Morgan fingerprint density at radius 1 is 0.952 bits per heavy atom. The summed E-state index contributed by atoms with van der Waals surface area (Å²) in [4.78, 5) is 36.2. The monoisotopic (exact) mass is 296 g/mol. The fourth-order valence-electron chi connectivity index (χ4n) is 3.05. The zero-order valence-corrected chi connectivity index (χ0v) is 13.6. The first kappa shape index (κ1) is 16.0. The van der Waals surface area contributed by atoms with Gasteiger partial charge in [0.2, 0.25) is 0 Å². The summed E-state index contributed by atoms with van der Waals surface area (Å²) in [6.45, 7) is 10.7. The van der Waals surface area contributed by atoms with Gasteiger partial charge in [0.25, 0.3) is 0 Å². The normalized spacial score (nSPS) is 31.6. The highest BCUT2D eigenvalue weighted by atomic mass is 16.6. The van der Waals surface area contributed by atoms with E-state index in [0.717, 1.165) is 0 Å². The third kappa shape index (κ3) is 3.44. The van der Waals surface area contributed by atoms with Crippen LogP contribution in [0.3, 0.4) is 0 Å². The van der Waals surface area contributed by atoms with Crippen LogP contribution in [0.1, 0.15) is 48.0 Å². The topological polar surface area (TPSA) is 69.7 Å². The lowest BCUT2D eigenvalue weighted by molar-refractivity contribution is -0.163. The highest BCUT2D eigenvalue weighted by Gasteiger charge is 2.68. The number of ketones is 1. The number of carbonyl (C=O) groups is 3. The molecule has 0 N–H and O–H groups in total. The van der Waals surface area contributed by atoms with E-state index in [1.54, 1.807) is 41.5 Å². The maximum absolute atomic E-state index is 12.2. The predicted octanol–water partition coefficient (Wildman–Crippen LogP) is 2.12. The Balaban J connectivity index is 2.04. The second-order valence-electron chi connectivity index (χ2n) is 7.98. The van der Waals surface area contributed by atoms with Gasteiger partial charge >= 0.3 is 11.9 Å². The fourth-order valence-corrected chi connectivity index (χ4v) is 3.05. The number of rotatable bonds is 2. The van der Waals surface area contributed by atoms with Gasteiger partial charge < -0.3 is 9.47 Å². The van der Waals surface area contributed by atoms with E-state index in [9.17, 15) is 14.4 Å². The molecule has 4 unspecified atom stereocenters. The average Bonchev–Trinajstić information content (AvgIpc) is 2.76. The molecule has 0 amide bonds. The number of esters is 2. The lowest BCUT2D eigenvalue weighted by atomic mass is 9.98. The number of fused-ring (bicyclic) bond motifs is 1. The molecule has 2 fully saturated rings. The highest BCUT2D eigenvalue weighted by molar-refractivity contribution is 6.04. The van der Waals surface area contributed by atoms with E-state index in [4.69, 9.17) is 9.47 Å². The molecule has 2 rings (SSSR count). The number of ether oxygens (including phenoxy) is 2. The van der Waals surface area contributed by atoms with Gasteiger partial charge in [-0.1, -0.05) is 0 Å². The van der Waals surface area contributed by atoms with E-state index in [1.807, 2.05) is 0 Å².